The Hall–Kier alpha value is -3.62. The Kier molecular flexibility index (Phi) is 8.01. The van der Waals surface area contributed by atoms with Gasteiger partial charge >= 0.3 is 0 Å². The quantitative estimate of drug-likeness (QED) is 0.281. The molecule has 1 N–H and O–H groups in total. The summed E-state index contributed by atoms with van der Waals surface area (Å²) in [6, 6.07) is 23.4. The molecule has 1 aliphatic heterocycles. The molecular weight excluding hydrogens is 547 g/mol. The minimum atomic E-state index is -0.500. The molecule has 6 nitrogen and oxygen atoms in total. The van der Waals surface area contributed by atoms with Crippen molar-refractivity contribution in [1.82, 2.24) is 15.1 Å². The zero-order chi connectivity index (χ0) is 28.4. The predicted octanol–water partition coefficient (Wildman–Crippen LogP) is 6.58. The van der Waals surface area contributed by atoms with Gasteiger partial charge in [-0.05, 0) is 50.1 Å². The van der Waals surface area contributed by atoms with Crippen molar-refractivity contribution in [3.05, 3.63) is 106 Å². The third-order valence-electron chi connectivity index (χ3n) is 6.66. The maximum absolute atomic E-state index is 13.7. The first-order valence-corrected chi connectivity index (χ1v) is 14.4. The van der Waals surface area contributed by atoms with Crippen molar-refractivity contribution in [2.75, 3.05) is 17.2 Å². The number of nitrogens with zero attached hydrogens (tertiary/aromatic N) is 3. The van der Waals surface area contributed by atoms with E-state index in [9.17, 15) is 14.0 Å². The number of carbonyl (C=O) groups is 2. The van der Waals surface area contributed by atoms with Crippen LogP contribution in [0.2, 0.25) is 5.02 Å². The molecule has 1 atom stereocenters. The highest BCUT2D eigenvalue weighted by Gasteiger charge is 2.39. The first-order valence-electron chi connectivity index (χ1n) is 13.0. The van der Waals surface area contributed by atoms with Gasteiger partial charge in [-0.1, -0.05) is 72.3 Å². The summed E-state index contributed by atoms with van der Waals surface area (Å²) >= 11 is 8.19. The van der Waals surface area contributed by atoms with Crippen LogP contribution >= 0.6 is 23.4 Å². The molecule has 1 aliphatic rings. The minimum absolute atomic E-state index is 0.161. The van der Waals surface area contributed by atoms with Gasteiger partial charge in [-0.3, -0.25) is 14.5 Å². The van der Waals surface area contributed by atoms with Crippen molar-refractivity contribution < 1.29 is 14.0 Å². The number of rotatable bonds is 6. The van der Waals surface area contributed by atoms with Gasteiger partial charge in [0.2, 0.25) is 11.8 Å². The fourth-order valence-electron chi connectivity index (χ4n) is 4.73. The Balaban J connectivity index is 1.62. The molecule has 5 rings (SSSR count). The lowest BCUT2D eigenvalue weighted by molar-refractivity contribution is -0.123. The number of anilines is 1. The average Bonchev–Trinajstić information content (AvgIpc) is 3.28. The van der Waals surface area contributed by atoms with Crippen molar-refractivity contribution in [2.45, 2.75) is 38.1 Å². The predicted molar refractivity (Wildman–Crippen MR) is 159 cm³/mol. The molecule has 9 heteroatoms. The van der Waals surface area contributed by atoms with Crippen LogP contribution in [-0.2, 0) is 21.7 Å². The van der Waals surface area contributed by atoms with E-state index in [1.807, 2.05) is 80.1 Å². The van der Waals surface area contributed by atoms with Crippen molar-refractivity contribution >= 4 is 41.0 Å². The van der Waals surface area contributed by atoms with E-state index >= 15 is 0 Å². The standard InChI is InChI=1S/C31H30ClFN4O2S/c1-31(2,3)37-30-27(28(35-37)21-9-5-4-6-10-21)29(23-11-7-8-12-24(23)32)40-19-26(39)36(30)18-25(38)34-17-20-13-15-22(33)16-14-20/h4-16,29H,17-19H2,1-3H3,(H,34,38). The summed E-state index contributed by atoms with van der Waals surface area (Å²) in [5, 5.41) is 8.26. The van der Waals surface area contributed by atoms with Gasteiger partial charge in [0, 0.05) is 22.7 Å². The van der Waals surface area contributed by atoms with Gasteiger partial charge in [0.1, 0.15) is 18.2 Å². The molecule has 2 amide bonds. The first-order chi connectivity index (χ1) is 19.1. The van der Waals surface area contributed by atoms with Crippen molar-refractivity contribution in [2.24, 2.45) is 0 Å². The summed E-state index contributed by atoms with van der Waals surface area (Å²) < 4.78 is 15.2. The molecule has 0 bridgehead atoms. The van der Waals surface area contributed by atoms with Gasteiger partial charge in [-0.15, -0.1) is 11.8 Å². The molecule has 3 aromatic carbocycles. The number of aromatic nitrogens is 2. The number of hydrogen-bond acceptors (Lipinski definition) is 4. The van der Waals surface area contributed by atoms with E-state index in [1.165, 1.54) is 23.9 Å². The van der Waals surface area contributed by atoms with Gasteiger partial charge in [0.15, 0.2) is 0 Å². The third-order valence-corrected chi connectivity index (χ3v) is 8.24. The Bertz CT molecular complexity index is 1530. The van der Waals surface area contributed by atoms with E-state index in [-0.39, 0.29) is 41.7 Å². The Morgan fingerprint density at radius 3 is 2.40 bits per heavy atom. The van der Waals surface area contributed by atoms with Crippen LogP contribution in [0.25, 0.3) is 11.3 Å². The summed E-state index contributed by atoms with van der Waals surface area (Å²) in [6.07, 6.45) is 0. The van der Waals surface area contributed by atoms with Gasteiger partial charge in [-0.2, -0.15) is 5.10 Å². The number of nitrogens with one attached hydrogen (secondary N) is 1. The fourth-order valence-corrected chi connectivity index (χ4v) is 6.28. The summed E-state index contributed by atoms with van der Waals surface area (Å²) in [5.41, 5.74) is 3.65. The summed E-state index contributed by atoms with van der Waals surface area (Å²) in [4.78, 5) is 28.5. The summed E-state index contributed by atoms with van der Waals surface area (Å²) in [6.45, 7) is 6.11. The molecule has 2 heterocycles. The normalized spacial score (nSPS) is 15.5. The fraction of sp³-hybridized carbons (Fsp3) is 0.258. The van der Waals surface area contributed by atoms with E-state index in [4.69, 9.17) is 16.7 Å². The maximum atomic E-state index is 13.7. The summed E-state index contributed by atoms with van der Waals surface area (Å²) in [5.74, 6) is -0.111. The van der Waals surface area contributed by atoms with Crippen LogP contribution in [0.1, 0.15) is 42.7 Å². The zero-order valence-corrected chi connectivity index (χ0v) is 24.1. The number of thioether (sulfide) groups is 1. The minimum Gasteiger partial charge on any atom is -0.350 e. The van der Waals surface area contributed by atoms with Crippen LogP contribution in [-0.4, -0.2) is 33.9 Å². The van der Waals surface area contributed by atoms with Crippen molar-refractivity contribution in [3.63, 3.8) is 0 Å². The third kappa shape index (κ3) is 5.78. The number of carbonyl (C=O) groups excluding carboxylic acids is 2. The van der Waals surface area contributed by atoms with E-state index in [1.54, 1.807) is 17.0 Å². The summed E-state index contributed by atoms with van der Waals surface area (Å²) in [7, 11) is 0. The Morgan fingerprint density at radius 1 is 1.05 bits per heavy atom. The van der Waals surface area contributed by atoms with Crippen LogP contribution in [0.3, 0.4) is 0 Å². The second-order valence-corrected chi connectivity index (χ2v) is 12.1. The van der Waals surface area contributed by atoms with E-state index in [0.29, 0.717) is 10.8 Å². The van der Waals surface area contributed by atoms with Crippen molar-refractivity contribution in [1.29, 1.82) is 0 Å². The molecule has 0 spiro atoms. The van der Waals surface area contributed by atoms with E-state index in [0.717, 1.165) is 27.9 Å². The molecule has 1 aromatic heterocycles. The lowest BCUT2D eigenvalue weighted by Crippen LogP contribution is -2.43. The second-order valence-electron chi connectivity index (χ2n) is 10.6. The zero-order valence-electron chi connectivity index (χ0n) is 22.5. The molecule has 1 unspecified atom stereocenters. The number of fused-ring (bicyclic) bond motifs is 1. The molecule has 0 radical (unpaired) electrons. The molecule has 0 aliphatic carbocycles. The van der Waals surface area contributed by atoms with Crippen LogP contribution in [0.5, 0.6) is 0 Å². The number of amides is 2. The molecule has 40 heavy (non-hydrogen) atoms. The molecule has 0 saturated carbocycles. The van der Waals surface area contributed by atoms with Gasteiger partial charge < -0.3 is 5.32 Å². The van der Waals surface area contributed by atoms with Crippen LogP contribution in [0, 0.1) is 5.82 Å². The monoisotopic (exact) mass is 576 g/mol. The van der Waals surface area contributed by atoms with Gasteiger partial charge in [0.05, 0.1) is 22.2 Å². The van der Waals surface area contributed by atoms with Gasteiger partial charge in [-0.25, -0.2) is 9.07 Å². The smallest absolute Gasteiger partial charge is 0.240 e. The van der Waals surface area contributed by atoms with Crippen LogP contribution < -0.4 is 10.2 Å². The lowest BCUT2D eigenvalue weighted by atomic mass is 9.99. The van der Waals surface area contributed by atoms with Crippen molar-refractivity contribution in [3.8, 4) is 11.3 Å². The number of hydrogen-bond donors (Lipinski definition) is 1. The maximum Gasteiger partial charge on any atom is 0.240 e. The highest BCUT2D eigenvalue weighted by atomic mass is 35.5. The second kappa shape index (κ2) is 11.5. The SMILES string of the molecule is CC(C)(C)n1nc(-c2ccccc2)c2c1N(CC(=O)NCc1ccc(F)cc1)C(=O)CSC2c1ccccc1Cl. The van der Waals surface area contributed by atoms with E-state index < -0.39 is 5.54 Å². The molecule has 4 aromatic rings. The highest BCUT2D eigenvalue weighted by molar-refractivity contribution is 8.00. The van der Waals surface area contributed by atoms with Crippen LogP contribution in [0.4, 0.5) is 10.2 Å². The largest absolute Gasteiger partial charge is 0.350 e. The number of benzene rings is 3. The van der Waals surface area contributed by atoms with Gasteiger partial charge in [0.25, 0.3) is 0 Å². The molecule has 0 saturated heterocycles. The number of halogens is 2. The first kappa shape index (κ1) is 27.9. The Labute approximate surface area is 242 Å². The average molecular weight is 577 g/mol. The topological polar surface area (TPSA) is 67.2 Å². The highest BCUT2D eigenvalue weighted by Crippen LogP contribution is 2.50. The molecular formula is C31H30ClFN4O2S. The molecule has 206 valence electrons. The van der Waals surface area contributed by atoms with Crippen LogP contribution in [0.15, 0.2) is 78.9 Å². The Morgan fingerprint density at radius 2 is 1.73 bits per heavy atom. The van der Waals surface area contributed by atoms with E-state index in [2.05, 4.69) is 5.32 Å². The lowest BCUT2D eigenvalue weighted by Gasteiger charge is -2.28. The molecule has 0 fully saturated rings.